The van der Waals surface area contributed by atoms with E-state index in [2.05, 4.69) is 18.4 Å². The molecule has 1 unspecified atom stereocenters. The number of hydrogen-bond donors (Lipinski definition) is 1. The van der Waals surface area contributed by atoms with E-state index in [9.17, 15) is 0 Å². The number of rotatable bonds is 2. The molecule has 1 N–H and O–H groups in total. The molecule has 0 aromatic carbocycles. The van der Waals surface area contributed by atoms with Crippen molar-refractivity contribution in [2.24, 2.45) is 0 Å². The summed E-state index contributed by atoms with van der Waals surface area (Å²) in [6.07, 6.45) is 2.64. The van der Waals surface area contributed by atoms with E-state index in [1.165, 1.54) is 17.0 Å². The van der Waals surface area contributed by atoms with Crippen LogP contribution in [0.3, 0.4) is 0 Å². The van der Waals surface area contributed by atoms with E-state index in [4.69, 9.17) is 10.1 Å². The van der Waals surface area contributed by atoms with Crippen molar-refractivity contribution in [2.45, 2.75) is 39.3 Å². The molecule has 0 aliphatic carbocycles. The number of hydrogen-bond acceptors (Lipinski definition) is 3. The number of ether oxygens (including phenoxy) is 1. The molecule has 1 atom stereocenters. The van der Waals surface area contributed by atoms with Crippen molar-refractivity contribution in [3.63, 3.8) is 0 Å². The molecule has 2 heterocycles. The van der Waals surface area contributed by atoms with Crippen LogP contribution in [0.2, 0.25) is 0 Å². The highest BCUT2D eigenvalue weighted by Gasteiger charge is 2.17. The normalized spacial score (nSPS) is 20.3. The molecule has 15 heavy (non-hydrogen) atoms. The third kappa shape index (κ3) is 2.71. The Morgan fingerprint density at radius 1 is 1.53 bits per heavy atom. The minimum atomic E-state index is 0. The van der Waals surface area contributed by atoms with Crippen molar-refractivity contribution in [1.82, 2.24) is 4.57 Å². The molecule has 1 aromatic rings. The van der Waals surface area contributed by atoms with Gasteiger partial charge >= 0.3 is 0 Å². The summed E-state index contributed by atoms with van der Waals surface area (Å²) < 4.78 is 7.64. The largest absolute Gasteiger partial charge is 0.376 e. The highest BCUT2D eigenvalue weighted by atomic mass is 79.9. The summed E-state index contributed by atoms with van der Waals surface area (Å²) in [5, 5.41) is 7.82. The van der Waals surface area contributed by atoms with Crippen LogP contribution < -0.4 is 4.80 Å². The number of aromatic nitrogens is 1. The number of thiazole rings is 1. The van der Waals surface area contributed by atoms with E-state index in [-0.39, 0.29) is 17.0 Å². The fraction of sp³-hybridized carbons (Fsp3) is 0.700. The van der Waals surface area contributed by atoms with E-state index < -0.39 is 0 Å². The summed E-state index contributed by atoms with van der Waals surface area (Å²) in [5.41, 5.74) is 1.22. The lowest BCUT2D eigenvalue weighted by Crippen LogP contribution is -2.23. The standard InChI is InChI=1S/C10H16N2OS.BrH/c1-7-8(2)14-10(11)12(7)6-9-4-3-5-13-9;/h9,11H,3-6H2,1-2H3;1H. The first-order chi connectivity index (χ1) is 6.68. The first-order valence-corrected chi connectivity index (χ1v) is 5.83. The number of aryl methyl sites for hydroxylation is 1. The second-order valence-electron chi connectivity index (χ2n) is 3.79. The first-order valence-electron chi connectivity index (χ1n) is 5.01. The lowest BCUT2D eigenvalue weighted by Gasteiger charge is -2.11. The van der Waals surface area contributed by atoms with Gasteiger partial charge in [0.1, 0.15) is 0 Å². The van der Waals surface area contributed by atoms with Gasteiger partial charge in [0.2, 0.25) is 0 Å². The number of nitrogens with zero attached hydrogens (tertiary/aromatic N) is 1. The van der Waals surface area contributed by atoms with Gasteiger partial charge in [-0.1, -0.05) is 0 Å². The predicted octanol–water partition coefficient (Wildman–Crippen LogP) is 2.40. The monoisotopic (exact) mass is 292 g/mol. The molecule has 1 aliphatic rings. The third-order valence-electron chi connectivity index (χ3n) is 2.82. The van der Waals surface area contributed by atoms with E-state index in [1.54, 1.807) is 11.3 Å². The van der Waals surface area contributed by atoms with Gasteiger partial charge in [0, 0.05) is 17.2 Å². The topological polar surface area (TPSA) is 38.0 Å². The van der Waals surface area contributed by atoms with Gasteiger partial charge in [-0.3, -0.25) is 5.41 Å². The molecule has 0 amide bonds. The van der Waals surface area contributed by atoms with Gasteiger partial charge in [-0.25, -0.2) is 0 Å². The second kappa shape index (κ2) is 5.27. The molecule has 0 spiro atoms. The molecule has 3 nitrogen and oxygen atoms in total. The van der Waals surface area contributed by atoms with Gasteiger partial charge in [0.15, 0.2) is 4.80 Å². The van der Waals surface area contributed by atoms with Crippen molar-refractivity contribution >= 4 is 28.3 Å². The molecule has 1 aliphatic heterocycles. The highest BCUT2D eigenvalue weighted by Crippen LogP contribution is 2.16. The van der Waals surface area contributed by atoms with Crippen molar-refractivity contribution in [2.75, 3.05) is 6.61 Å². The van der Waals surface area contributed by atoms with Crippen molar-refractivity contribution in [1.29, 1.82) is 5.41 Å². The Morgan fingerprint density at radius 3 is 2.73 bits per heavy atom. The molecule has 0 bridgehead atoms. The Labute approximate surface area is 104 Å². The van der Waals surface area contributed by atoms with Crippen molar-refractivity contribution in [3.8, 4) is 0 Å². The molecule has 0 radical (unpaired) electrons. The average molecular weight is 293 g/mol. The SMILES string of the molecule is Br.Cc1sc(=N)n(CC2CCCO2)c1C. The maximum atomic E-state index is 7.82. The Balaban J connectivity index is 0.00000112. The van der Waals surface area contributed by atoms with Crippen LogP contribution in [0.15, 0.2) is 0 Å². The zero-order valence-electron chi connectivity index (χ0n) is 9.08. The van der Waals surface area contributed by atoms with Crippen LogP contribution in [0.1, 0.15) is 23.4 Å². The minimum Gasteiger partial charge on any atom is -0.376 e. The highest BCUT2D eigenvalue weighted by molar-refractivity contribution is 8.93. The van der Waals surface area contributed by atoms with Gasteiger partial charge in [-0.05, 0) is 26.7 Å². The lowest BCUT2D eigenvalue weighted by atomic mass is 10.2. The van der Waals surface area contributed by atoms with Crippen LogP contribution >= 0.6 is 28.3 Å². The first kappa shape index (κ1) is 12.9. The Morgan fingerprint density at radius 2 is 2.27 bits per heavy atom. The van der Waals surface area contributed by atoms with Gasteiger partial charge in [-0.15, -0.1) is 28.3 Å². The van der Waals surface area contributed by atoms with E-state index in [1.807, 2.05) is 0 Å². The maximum Gasteiger partial charge on any atom is 0.182 e. The average Bonchev–Trinajstić information content (AvgIpc) is 2.71. The molecule has 5 heteroatoms. The van der Waals surface area contributed by atoms with E-state index >= 15 is 0 Å². The van der Waals surface area contributed by atoms with Crippen LogP contribution in [0.4, 0.5) is 0 Å². The van der Waals surface area contributed by atoms with Crippen molar-refractivity contribution < 1.29 is 4.74 Å². The fourth-order valence-corrected chi connectivity index (χ4v) is 2.70. The molecule has 1 aromatic heterocycles. The van der Waals surface area contributed by atoms with Crippen molar-refractivity contribution in [3.05, 3.63) is 15.4 Å². The molecule has 2 rings (SSSR count). The fourth-order valence-electron chi connectivity index (χ4n) is 1.83. The molecular weight excluding hydrogens is 276 g/mol. The summed E-state index contributed by atoms with van der Waals surface area (Å²) >= 11 is 1.55. The summed E-state index contributed by atoms with van der Waals surface area (Å²) in [4.78, 5) is 1.89. The summed E-state index contributed by atoms with van der Waals surface area (Å²) in [6, 6.07) is 0. The zero-order chi connectivity index (χ0) is 10.1. The maximum absolute atomic E-state index is 7.82. The van der Waals surface area contributed by atoms with Gasteiger partial charge in [0.05, 0.1) is 12.6 Å². The minimum absolute atomic E-state index is 0. The van der Waals surface area contributed by atoms with Crippen LogP contribution in [0, 0.1) is 19.3 Å². The Bertz CT molecular complexity index is 379. The molecular formula is C10H17BrN2OS. The zero-order valence-corrected chi connectivity index (χ0v) is 11.6. The second-order valence-corrected chi connectivity index (χ2v) is 5.00. The van der Waals surface area contributed by atoms with Gasteiger partial charge in [-0.2, -0.15) is 0 Å². The Hall–Kier alpha value is -0.130. The lowest BCUT2D eigenvalue weighted by molar-refractivity contribution is 0.0958. The quantitative estimate of drug-likeness (QED) is 0.893. The van der Waals surface area contributed by atoms with Gasteiger partial charge < -0.3 is 9.30 Å². The molecule has 1 fully saturated rings. The smallest absolute Gasteiger partial charge is 0.182 e. The van der Waals surface area contributed by atoms with Gasteiger partial charge in [0.25, 0.3) is 0 Å². The Kier molecular flexibility index (Phi) is 4.55. The summed E-state index contributed by atoms with van der Waals surface area (Å²) in [6.45, 7) is 5.90. The predicted molar refractivity (Wildman–Crippen MR) is 66.9 cm³/mol. The number of halogens is 1. The molecule has 86 valence electrons. The van der Waals surface area contributed by atoms with Crippen LogP contribution in [0.5, 0.6) is 0 Å². The summed E-state index contributed by atoms with van der Waals surface area (Å²) in [5.74, 6) is 0. The van der Waals surface area contributed by atoms with E-state index in [0.29, 0.717) is 10.9 Å². The molecule has 1 saturated heterocycles. The molecule has 0 saturated carbocycles. The van der Waals surface area contributed by atoms with Crippen LogP contribution in [-0.2, 0) is 11.3 Å². The van der Waals surface area contributed by atoms with E-state index in [0.717, 1.165) is 19.6 Å². The summed E-state index contributed by atoms with van der Waals surface area (Å²) in [7, 11) is 0. The van der Waals surface area contributed by atoms with Crippen LogP contribution in [-0.4, -0.2) is 17.3 Å². The number of nitrogens with one attached hydrogen (secondary N) is 1. The third-order valence-corrected chi connectivity index (χ3v) is 3.83. The van der Waals surface area contributed by atoms with Crippen LogP contribution in [0.25, 0.3) is 0 Å².